The second kappa shape index (κ2) is 7.40. The third kappa shape index (κ3) is 3.79. The monoisotopic (exact) mass is 311 g/mol. The van der Waals surface area contributed by atoms with Gasteiger partial charge in [0, 0.05) is 17.6 Å². The first-order valence-electron chi connectivity index (χ1n) is 8.34. The molecule has 3 rings (SSSR count). The molecule has 0 spiro atoms. The molecule has 122 valence electrons. The van der Waals surface area contributed by atoms with E-state index in [0.717, 1.165) is 17.2 Å². The van der Waals surface area contributed by atoms with Crippen LogP contribution in [0.3, 0.4) is 0 Å². The van der Waals surface area contributed by atoms with Crippen LogP contribution in [0.1, 0.15) is 37.2 Å². The van der Waals surface area contributed by atoms with Gasteiger partial charge in [0.1, 0.15) is 11.5 Å². The second-order valence-electron chi connectivity index (χ2n) is 6.15. The predicted molar refractivity (Wildman–Crippen MR) is 94.6 cm³/mol. The lowest BCUT2D eigenvalue weighted by Crippen LogP contribution is -2.30. The Morgan fingerprint density at radius 2 is 1.61 bits per heavy atom. The van der Waals surface area contributed by atoms with Crippen LogP contribution in [0, 0.1) is 0 Å². The van der Waals surface area contributed by atoms with Crippen LogP contribution in [0.25, 0.3) is 0 Å². The number of ether oxygens (including phenoxy) is 2. The average Bonchev–Trinajstić information content (AvgIpc) is 2.63. The van der Waals surface area contributed by atoms with Crippen molar-refractivity contribution in [3.05, 3.63) is 54.1 Å². The highest BCUT2D eigenvalue weighted by atomic mass is 16.5. The minimum atomic E-state index is 0.462. The molecule has 1 aliphatic rings. The number of nitrogens with one attached hydrogen (secondary N) is 1. The molecule has 2 atom stereocenters. The van der Waals surface area contributed by atoms with Crippen molar-refractivity contribution < 1.29 is 9.47 Å². The van der Waals surface area contributed by atoms with Gasteiger partial charge in [0.15, 0.2) is 0 Å². The molecule has 1 N–H and O–H groups in total. The lowest BCUT2D eigenvalue weighted by Gasteiger charge is -2.33. The summed E-state index contributed by atoms with van der Waals surface area (Å²) in [5.41, 5.74) is 2.53. The molecule has 1 saturated carbocycles. The molecule has 1 aliphatic carbocycles. The van der Waals surface area contributed by atoms with Crippen LogP contribution in [0.5, 0.6) is 11.5 Å². The number of benzene rings is 2. The van der Waals surface area contributed by atoms with Crippen molar-refractivity contribution in [2.45, 2.75) is 37.6 Å². The van der Waals surface area contributed by atoms with Crippen LogP contribution in [0.4, 0.5) is 5.69 Å². The minimum Gasteiger partial charge on any atom is -0.497 e. The summed E-state index contributed by atoms with van der Waals surface area (Å²) in [6.45, 7) is 0. The first kappa shape index (κ1) is 15.7. The molecule has 0 bridgehead atoms. The van der Waals surface area contributed by atoms with Gasteiger partial charge in [-0.15, -0.1) is 0 Å². The molecule has 3 nitrogen and oxygen atoms in total. The second-order valence-corrected chi connectivity index (χ2v) is 6.15. The molecule has 23 heavy (non-hydrogen) atoms. The van der Waals surface area contributed by atoms with E-state index in [-0.39, 0.29) is 0 Å². The molecular formula is C20H25NO2. The Hall–Kier alpha value is -2.16. The van der Waals surface area contributed by atoms with E-state index in [1.807, 2.05) is 18.2 Å². The Morgan fingerprint density at radius 3 is 2.35 bits per heavy atom. The van der Waals surface area contributed by atoms with Gasteiger partial charge in [-0.25, -0.2) is 0 Å². The number of rotatable bonds is 5. The van der Waals surface area contributed by atoms with Crippen molar-refractivity contribution in [2.75, 3.05) is 19.5 Å². The smallest absolute Gasteiger partial charge is 0.119 e. The molecule has 0 aliphatic heterocycles. The van der Waals surface area contributed by atoms with Gasteiger partial charge in [-0.1, -0.05) is 25.0 Å². The summed E-state index contributed by atoms with van der Waals surface area (Å²) >= 11 is 0. The van der Waals surface area contributed by atoms with Crippen LogP contribution in [-0.4, -0.2) is 20.3 Å². The molecule has 2 aromatic rings. The number of hydrogen-bond acceptors (Lipinski definition) is 3. The molecular weight excluding hydrogens is 286 g/mol. The van der Waals surface area contributed by atoms with E-state index >= 15 is 0 Å². The fourth-order valence-corrected chi connectivity index (χ4v) is 3.48. The normalized spacial score (nSPS) is 20.8. The zero-order valence-electron chi connectivity index (χ0n) is 13.9. The van der Waals surface area contributed by atoms with E-state index in [2.05, 4.69) is 35.6 Å². The van der Waals surface area contributed by atoms with Crippen LogP contribution >= 0.6 is 0 Å². The van der Waals surface area contributed by atoms with Crippen LogP contribution < -0.4 is 14.8 Å². The molecule has 0 saturated heterocycles. The van der Waals surface area contributed by atoms with Gasteiger partial charge >= 0.3 is 0 Å². The molecule has 2 aromatic carbocycles. The lowest BCUT2D eigenvalue weighted by atomic mass is 9.80. The van der Waals surface area contributed by atoms with Gasteiger partial charge < -0.3 is 14.8 Å². The largest absolute Gasteiger partial charge is 0.497 e. The molecule has 3 heteroatoms. The Morgan fingerprint density at radius 1 is 0.870 bits per heavy atom. The van der Waals surface area contributed by atoms with Gasteiger partial charge in [0.25, 0.3) is 0 Å². The van der Waals surface area contributed by atoms with Crippen molar-refractivity contribution in [3.63, 3.8) is 0 Å². The topological polar surface area (TPSA) is 30.5 Å². The van der Waals surface area contributed by atoms with Gasteiger partial charge in [-0.05, 0) is 54.8 Å². The van der Waals surface area contributed by atoms with E-state index in [1.54, 1.807) is 14.2 Å². The quantitative estimate of drug-likeness (QED) is 0.857. The van der Waals surface area contributed by atoms with Crippen molar-refractivity contribution in [1.82, 2.24) is 0 Å². The molecule has 0 heterocycles. The fourth-order valence-electron chi connectivity index (χ4n) is 3.48. The maximum Gasteiger partial charge on any atom is 0.119 e. The Balaban J connectivity index is 1.77. The van der Waals surface area contributed by atoms with E-state index in [9.17, 15) is 0 Å². The van der Waals surface area contributed by atoms with Crippen LogP contribution in [0.15, 0.2) is 48.5 Å². The number of anilines is 1. The summed E-state index contributed by atoms with van der Waals surface area (Å²) in [5.74, 6) is 2.36. The lowest BCUT2D eigenvalue weighted by molar-refractivity contribution is 0.396. The van der Waals surface area contributed by atoms with Crippen molar-refractivity contribution in [3.8, 4) is 11.5 Å². The zero-order chi connectivity index (χ0) is 16.1. The molecule has 0 aromatic heterocycles. The van der Waals surface area contributed by atoms with Crippen molar-refractivity contribution in [1.29, 1.82) is 0 Å². The van der Waals surface area contributed by atoms with Crippen LogP contribution in [-0.2, 0) is 0 Å². The number of hydrogen-bond donors (Lipinski definition) is 1. The zero-order valence-corrected chi connectivity index (χ0v) is 13.9. The summed E-state index contributed by atoms with van der Waals surface area (Å²) in [6.07, 6.45) is 5.01. The van der Waals surface area contributed by atoms with E-state index < -0.39 is 0 Å². The standard InChI is InChI=1S/C20H25NO2/c1-22-17-12-10-16(11-13-17)21-20-9-4-3-8-19(20)15-6-5-7-18(14-15)23-2/h5-7,10-14,19-21H,3-4,8-9H2,1-2H3. The van der Waals surface area contributed by atoms with Gasteiger partial charge in [-0.3, -0.25) is 0 Å². The maximum atomic E-state index is 5.39. The maximum absolute atomic E-state index is 5.39. The molecule has 2 unspecified atom stereocenters. The summed E-state index contributed by atoms with van der Waals surface area (Å²) in [5, 5.41) is 3.72. The minimum absolute atomic E-state index is 0.462. The van der Waals surface area contributed by atoms with E-state index in [1.165, 1.54) is 31.2 Å². The highest BCUT2D eigenvalue weighted by Crippen LogP contribution is 2.36. The SMILES string of the molecule is COc1ccc(NC2CCCCC2c2cccc(OC)c2)cc1. The fraction of sp³-hybridized carbons (Fsp3) is 0.400. The summed E-state index contributed by atoms with van der Waals surface area (Å²) in [6, 6.07) is 17.2. The van der Waals surface area contributed by atoms with Crippen LogP contribution in [0.2, 0.25) is 0 Å². The highest BCUT2D eigenvalue weighted by molar-refractivity contribution is 5.48. The average molecular weight is 311 g/mol. The van der Waals surface area contributed by atoms with Crippen molar-refractivity contribution in [2.24, 2.45) is 0 Å². The predicted octanol–water partition coefficient (Wildman–Crippen LogP) is 4.84. The first-order valence-corrected chi connectivity index (χ1v) is 8.34. The van der Waals surface area contributed by atoms with Crippen molar-refractivity contribution >= 4 is 5.69 Å². The van der Waals surface area contributed by atoms with E-state index in [0.29, 0.717) is 12.0 Å². The Labute approximate surface area is 138 Å². The third-order valence-electron chi connectivity index (χ3n) is 4.73. The Bertz CT molecular complexity index is 624. The van der Waals surface area contributed by atoms with Gasteiger partial charge in [0.05, 0.1) is 14.2 Å². The summed E-state index contributed by atoms with van der Waals surface area (Å²) in [7, 11) is 3.43. The van der Waals surface area contributed by atoms with E-state index in [4.69, 9.17) is 9.47 Å². The molecule has 1 fully saturated rings. The Kier molecular flexibility index (Phi) is 5.06. The summed E-state index contributed by atoms with van der Waals surface area (Å²) < 4.78 is 10.6. The van der Waals surface area contributed by atoms with Gasteiger partial charge in [-0.2, -0.15) is 0 Å². The van der Waals surface area contributed by atoms with Gasteiger partial charge in [0.2, 0.25) is 0 Å². The molecule has 0 radical (unpaired) electrons. The molecule has 0 amide bonds. The number of methoxy groups -OCH3 is 2. The highest BCUT2D eigenvalue weighted by Gasteiger charge is 2.26. The first-order chi connectivity index (χ1) is 11.3. The third-order valence-corrected chi connectivity index (χ3v) is 4.73. The summed E-state index contributed by atoms with van der Waals surface area (Å²) in [4.78, 5) is 0.